The molecule has 0 aliphatic rings. The van der Waals surface area contributed by atoms with Crippen molar-refractivity contribution in [2.75, 3.05) is 17.7 Å². The number of benzene rings is 1. The molecule has 0 aliphatic heterocycles. The van der Waals surface area contributed by atoms with Crippen molar-refractivity contribution in [3.8, 4) is 0 Å². The van der Waals surface area contributed by atoms with Crippen LogP contribution < -0.4 is 11.1 Å². The second kappa shape index (κ2) is 5.90. The Balaban J connectivity index is 2.88. The number of hydrogen-bond donors (Lipinski definition) is 2. The molecule has 1 amide bonds. The van der Waals surface area contributed by atoms with Gasteiger partial charge in [0.15, 0.2) is 5.82 Å². The Morgan fingerprint density at radius 2 is 2.11 bits per heavy atom. The van der Waals surface area contributed by atoms with Crippen molar-refractivity contribution in [3.63, 3.8) is 0 Å². The third-order valence-electron chi connectivity index (χ3n) is 2.17. The summed E-state index contributed by atoms with van der Waals surface area (Å²) in [6, 6.07) is 1.17. The first kappa shape index (κ1) is 14.6. The zero-order valence-corrected chi connectivity index (χ0v) is 10.8. The third-order valence-corrected chi connectivity index (χ3v) is 3.14. The molecule has 0 bridgehead atoms. The standard InChI is InChI=1S/C11H14F2N2O2S/c1-6(5-18(2)17)15-11(16)8-3-7(12)4-9(14)10(8)13/h3-4,6H,5,14H2,1-2H3,(H,15,16). The Morgan fingerprint density at radius 1 is 1.50 bits per heavy atom. The maximum absolute atomic E-state index is 13.5. The minimum absolute atomic E-state index is 0.234. The average Bonchev–Trinajstić information content (AvgIpc) is 2.21. The van der Waals surface area contributed by atoms with Crippen molar-refractivity contribution in [2.24, 2.45) is 0 Å². The van der Waals surface area contributed by atoms with Gasteiger partial charge in [-0.1, -0.05) is 0 Å². The molecule has 100 valence electrons. The first-order valence-electron chi connectivity index (χ1n) is 5.16. The lowest BCUT2D eigenvalue weighted by molar-refractivity contribution is 0.0939. The predicted molar refractivity (Wildman–Crippen MR) is 66.6 cm³/mol. The van der Waals surface area contributed by atoms with Crippen LogP contribution in [0.2, 0.25) is 0 Å². The Hall–Kier alpha value is -1.50. The third kappa shape index (κ3) is 3.76. The number of nitrogens with two attached hydrogens (primary N) is 1. The van der Waals surface area contributed by atoms with Gasteiger partial charge in [0.05, 0.1) is 11.3 Å². The van der Waals surface area contributed by atoms with E-state index in [1.54, 1.807) is 6.92 Å². The zero-order valence-electron chi connectivity index (χ0n) is 10.00. The lowest BCUT2D eigenvalue weighted by Gasteiger charge is -2.13. The largest absolute Gasteiger partial charge is 0.396 e. The van der Waals surface area contributed by atoms with Crippen LogP contribution in [0.4, 0.5) is 14.5 Å². The Labute approximate surface area is 106 Å². The maximum atomic E-state index is 13.5. The van der Waals surface area contributed by atoms with Crippen LogP contribution in [0.5, 0.6) is 0 Å². The molecule has 18 heavy (non-hydrogen) atoms. The summed E-state index contributed by atoms with van der Waals surface area (Å²) in [5.41, 5.74) is 4.35. The minimum atomic E-state index is -1.09. The van der Waals surface area contributed by atoms with Gasteiger partial charge in [-0.2, -0.15) is 0 Å². The maximum Gasteiger partial charge on any atom is 0.254 e. The summed E-state index contributed by atoms with van der Waals surface area (Å²) in [4.78, 5) is 11.7. The van der Waals surface area contributed by atoms with Crippen LogP contribution in [0, 0.1) is 11.6 Å². The molecule has 1 aromatic carbocycles. The Bertz CT molecular complexity index is 494. The van der Waals surface area contributed by atoms with E-state index in [1.165, 1.54) is 6.26 Å². The molecule has 0 fully saturated rings. The quantitative estimate of drug-likeness (QED) is 0.807. The van der Waals surface area contributed by atoms with E-state index in [0.29, 0.717) is 0 Å². The molecular formula is C11H14F2N2O2S. The van der Waals surface area contributed by atoms with Gasteiger partial charge in [-0.15, -0.1) is 0 Å². The molecule has 7 heteroatoms. The predicted octanol–water partition coefficient (Wildman–Crippen LogP) is 1.04. The fourth-order valence-corrected chi connectivity index (χ4v) is 2.26. The van der Waals surface area contributed by atoms with E-state index in [0.717, 1.165) is 12.1 Å². The fraction of sp³-hybridized carbons (Fsp3) is 0.364. The van der Waals surface area contributed by atoms with Crippen LogP contribution in [-0.2, 0) is 10.8 Å². The number of amides is 1. The number of halogens is 2. The van der Waals surface area contributed by atoms with Crippen molar-refractivity contribution < 1.29 is 17.8 Å². The van der Waals surface area contributed by atoms with E-state index in [4.69, 9.17) is 5.73 Å². The summed E-state index contributed by atoms with van der Waals surface area (Å²) < 4.78 is 37.5. The van der Waals surface area contributed by atoms with Crippen molar-refractivity contribution in [3.05, 3.63) is 29.3 Å². The molecule has 0 saturated carbocycles. The van der Waals surface area contributed by atoms with Crippen molar-refractivity contribution >= 4 is 22.4 Å². The molecular weight excluding hydrogens is 262 g/mol. The van der Waals surface area contributed by atoms with Gasteiger partial charge in [0, 0.05) is 28.9 Å². The minimum Gasteiger partial charge on any atom is -0.396 e. The van der Waals surface area contributed by atoms with Gasteiger partial charge in [-0.25, -0.2) is 8.78 Å². The van der Waals surface area contributed by atoms with E-state index in [1.807, 2.05) is 0 Å². The van der Waals surface area contributed by atoms with E-state index in [-0.39, 0.29) is 5.75 Å². The number of rotatable bonds is 4. The number of carbonyl (C=O) groups excluding carboxylic acids is 1. The van der Waals surface area contributed by atoms with Crippen molar-refractivity contribution in [1.29, 1.82) is 0 Å². The van der Waals surface area contributed by atoms with E-state index >= 15 is 0 Å². The normalized spacial score (nSPS) is 14.0. The molecule has 2 atom stereocenters. The topological polar surface area (TPSA) is 72.2 Å². The Kier molecular flexibility index (Phi) is 4.77. The number of nitrogens with one attached hydrogen (secondary N) is 1. The molecule has 2 unspecified atom stereocenters. The van der Waals surface area contributed by atoms with Crippen LogP contribution in [0.25, 0.3) is 0 Å². The van der Waals surface area contributed by atoms with Crippen LogP contribution in [0.1, 0.15) is 17.3 Å². The molecule has 4 nitrogen and oxygen atoms in total. The Morgan fingerprint density at radius 3 is 2.67 bits per heavy atom. The van der Waals surface area contributed by atoms with Gasteiger partial charge in [0.1, 0.15) is 5.82 Å². The van der Waals surface area contributed by atoms with E-state index in [2.05, 4.69) is 5.32 Å². The van der Waals surface area contributed by atoms with Gasteiger partial charge in [-0.05, 0) is 19.1 Å². The highest BCUT2D eigenvalue weighted by molar-refractivity contribution is 7.84. The van der Waals surface area contributed by atoms with Crippen molar-refractivity contribution in [1.82, 2.24) is 5.32 Å². The summed E-state index contributed by atoms with van der Waals surface area (Å²) in [5.74, 6) is -2.29. The lowest BCUT2D eigenvalue weighted by Crippen LogP contribution is -2.36. The van der Waals surface area contributed by atoms with Crippen LogP contribution in [0.15, 0.2) is 12.1 Å². The number of anilines is 1. The summed E-state index contributed by atoms with van der Waals surface area (Å²) in [7, 11) is -1.09. The van der Waals surface area contributed by atoms with Gasteiger partial charge < -0.3 is 11.1 Å². The average molecular weight is 276 g/mol. The van der Waals surface area contributed by atoms with Crippen LogP contribution >= 0.6 is 0 Å². The fourth-order valence-electron chi connectivity index (χ4n) is 1.47. The summed E-state index contributed by atoms with van der Waals surface area (Å²) in [5, 5.41) is 2.43. The van der Waals surface area contributed by atoms with Crippen LogP contribution in [0.3, 0.4) is 0 Å². The number of hydrogen-bond acceptors (Lipinski definition) is 3. The molecule has 1 aromatic rings. The smallest absolute Gasteiger partial charge is 0.254 e. The first-order valence-corrected chi connectivity index (χ1v) is 6.89. The van der Waals surface area contributed by atoms with E-state index in [9.17, 15) is 17.8 Å². The van der Waals surface area contributed by atoms with Crippen molar-refractivity contribution in [2.45, 2.75) is 13.0 Å². The molecule has 0 aromatic heterocycles. The second-order valence-electron chi connectivity index (χ2n) is 3.97. The van der Waals surface area contributed by atoms with E-state index < -0.39 is 45.6 Å². The molecule has 1 rings (SSSR count). The molecule has 0 heterocycles. The molecule has 0 aliphatic carbocycles. The summed E-state index contributed by atoms with van der Waals surface area (Å²) in [6.45, 7) is 1.62. The highest BCUT2D eigenvalue weighted by Gasteiger charge is 2.18. The molecule has 0 spiro atoms. The second-order valence-corrected chi connectivity index (χ2v) is 5.45. The van der Waals surface area contributed by atoms with Crippen LogP contribution in [-0.4, -0.2) is 28.2 Å². The van der Waals surface area contributed by atoms with Gasteiger partial charge >= 0.3 is 0 Å². The zero-order chi connectivity index (χ0) is 13.9. The number of carbonyl (C=O) groups is 1. The monoisotopic (exact) mass is 276 g/mol. The summed E-state index contributed by atoms with van der Waals surface area (Å²) in [6.07, 6.45) is 1.49. The summed E-state index contributed by atoms with van der Waals surface area (Å²) >= 11 is 0. The lowest BCUT2D eigenvalue weighted by atomic mass is 10.1. The molecule has 3 N–H and O–H groups in total. The van der Waals surface area contributed by atoms with Gasteiger partial charge in [-0.3, -0.25) is 9.00 Å². The van der Waals surface area contributed by atoms with Gasteiger partial charge in [0.2, 0.25) is 0 Å². The highest BCUT2D eigenvalue weighted by atomic mass is 32.2. The first-order chi connectivity index (χ1) is 8.31. The SMILES string of the molecule is CC(CS(C)=O)NC(=O)c1cc(F)cc(N)c1F. The highest BCUT2D eigenvalue weighted by Crippen LogP contribution is 2.17. The molecule has 0 saturated heterocycles. The number of nitrogen functional groups attached to an aromatic ring is 1. The van der Waals surface area contributed by atoms with Gasteiger partial charge in [0.25, 0.3) is 5.91 Å². The molecule has 0 radical (unpaired) electrons.